The SMILES string of the molecule is CCC1SC(=O)N(Cc2ccc(NC(=O)C(=O)OC)cc2)N=C1c1ccc(OC)c(OCF)c1. The summed E-state index contributed by atoms with van der Waals surface area (Å²) in [4.78, 5) is 35.6. The number of rotatable bonds is 8. The number of amides is 2. The first kappa shape index (κ1) is 25.0. The van der Waals surface area contributed by atoms with E-state index in [1.165, 1.54) is 12.1 Å². The van der Waals surface area contributed by atoms with E-state index in [9.17, 15) is 18.8 Å². The molecule has 1 aliphatic heterocycles. The molecule has 2 aromatic carbocycles. The molecular weight excluding hydrogens is 465 g/mol. The summed E-state index contributed by atoms with van der Waals surface area (Å²) in [5.74, 6) is -1.23. The average molecular weight is 490 g/mol. The number of alkyl halides is 1. The quantitative estimate of drug-likeness (QED) is 0.442. The van der Waals surface area contributed by atoms with Crippen molar-refractivity contribution in [2.45, 2.75) is 25.1 Å². The van der Waals surface area contributed by atoms with Gasteiger partial charge in [-0.15, -0.1) is 0 Å². The normalized spacial score (nSPS) is 15.4. The summed E-state index contributed by atoms with van der Waals surface area (Å²) in [5.41, 5.74) is 2.54. The van der Waals surface area contributed by atoms with Crippen LogP contribution in [0.2, 0.25) is 0 Å². The molecule has 3 rings (SSSR count). The Morgan fingerprint density at radius 2 is 1.88 bits per heavy atom. The van der Waals surface area contributed by atoms with Crippen molar-refractivity contribution in [3.63, 3.8) is 0 Å². The molecule has 9 nitrogen and oxygen atoms in total. The Bertz CT molecular complexity index is 1090. The number of ether oxygens (including phenoxy) is 3. The number of halogens is 1. The second-order valence-corrected chi connectivity index (χ2v) is 8.24. The lowest BCUT2D eigenvalue weighted by Gasteiger charge is -2.28. The van der Waals surface area contributed by atoms with Crippen LogP contribution in [0.3, 0.4) is 0 Å². The molecule has 1 unspecified atom stereocenters. The summed E-state index contributed by atoms with van der Waals surface area (Å²) in [6, 6.07) is 11.8. The van der Waals surface area contributed by atoms with E-state index >= 15 is 0 Å². The van der Waals surface area contributed by atoms with Crippen LogP contribution in [-0.4, -0.2) is 54.2 Å². The lowest BCUT2D eigenvalue weighted by Crippen LogP contribution is -2.34. The van der Waals surface area contributed by atoms with Crippen LogP contribution < -0.4 is 14.8 Å². The number of carbonyl (C=O) groups excluding carboxylic acids is 3. The van der Waals surface area contributed by atoms with Crippen LogP contribution in [0.1, 0.15) is 24.5 Å². The monoisotopic (exact) mass is 489 g/mol. The van der Waals surface area contributed by atoms with E-state index in [1.807, 2.05) is 6.92 Å². The molecule has 0 aromatic heterocycles. The number of methoxy groups -OCH3 is 2. The van der Waals surface area contributed by atoms with Gasteiger partial charge in [0.05, 0.1) is 31.7 Å². The lowest BCUT2D eigenvalue weighted by molar-refractivity contribution is -0.150. The summed E-state index contributed by atoms with van der Waals surface area (Å²) < 4.78 is 27.4. The highest BCUT2D eigenvalue weighted by atomic mass is 32.2. The van der Waals surface area contributed by atoms with Crippen LogP contribution in [0.15, 0.2) is 47.6 Å². The molecular formula is C23H24FN3O6S. The Balaban J connectivity index is 1.83. The molecule has 2 aromatic rings. The summed E-state index contributed by atoms with van der Waals surface area (Å²) >= 11 is 1.16. The molecule has 2 amide bonds. The first-order valence-electron chi connectivity index (χ1n) is 10.3. The minimum atomic E-state index is -1.00. The smallest absolute Gasteiger partial charge is 0.396 e. The maximum absolute atomic E-state index is 12.8. The molecule has 0 spiro atoms. The molecule has 0 radical (unpaired) electrons. The average Bonchev–Trinajstić information content (AvgIpc) is 2.85. The highest BCUT2D eigenvalue weighted by molar-refractivity contribution is 8.14. The van der Waals surface area contributed by atoms with Gasteiger partial charge in [0.1, 0.15) is 0 Å². The Hall–Kier alpha value is -3.60. The Morgan fingerprint density at radius 1 is 1.15 bits per heavy atom. The number of nitrogens with one attached hydrogen (secondary N) is 1. The van der Waals surface area contributed by atoms with Crippen LogP contribution in [0.25, 0.3) is 0 Å². The third-order valence-corrected chi connectivity index (χ3v) is 6.20. The molecule has 1 N–H and O–H groups in total. The second-order valence-electron chi connectivity index (χ2n) is 7.09. The molecule has 0 saturated carbocycles. The van der Waals surface area contributed by atoms with Crippen molar-refractivity contribution in [3.8, 4) is 11.5 Å². The van der Waals surface area contributed by atoms with Gasteiger partial charge in [-0.1, -0.05) is 30.8 Å². The predicted molar refractivity (Wildman–Crippen MR) is 126 cm³/mol. The topological polar surface area (TPSA) is 107 Å². The highest BCUT2D eigenvalue weighted by Crippen LogP contribution is 2.34. The summed E-state index contributed by atoms with van der Waals surface area (Å²) in [5, 5.41) is 8.00. The first-order valence-corrected chi connectivity index (χ1v) is 11.2. The molecule has 34 heavy (non-hydrogen) atoms. The predicted octanol–water partition coefficient (Wildman–Crippen LogP) is 3.96. The van der Waals surface area contributed by atoms with Crippen LogP contribution in [0.4, 0.5) is 14.9 Å². The van der Waals surface area contributed by atoms with Crippen molar-refractivity contribution < 1.29 is 33.0 Å². The first-order chi connectivity index (χ1) is 16.4. The van der Waals surface area contributed by atoms with Gasteiger partial charge < -0.3 is 19.5 Å². The molecule has 1 aliphatic rings. The maximum atomic E-state index is 12.8. The van der Waals surface area contributed by atoms with E-state index in [2.05, 4.69) is 15.2 Å². The molecule has 0 aliphatic carbocycles. The van der Waals surface area contributed by atoms with Crippen LogP contribution in [-0.2, 0) is 20.9 Å². The second kappa shape index (κ2) is 11.5. The minimum Gasteiger partial charge on any atom is -0.493 e. The van der Waals surface area contributed by atoms with E-state index in [1.54, 1.807) is 42.5 Å². The van der Waals surface area contributed by atoms with Gasteiger partial charge in [0.2, 0.25) is 6.86 Å². The summed E-state index contributed by atoms with van der Waals surface area (Å²) in [6.45, 7) is 1.15. The standard InChI is InChI=1S/C23H24FN3O6S/c1-4-19-20(15-7-10-17(31-2)18(11-15)33-13-24)26-27(23(30)34-19)12-14-5-8-16(9-6-14)25-21(28)22(29)32-3/h5-11,19H,4,12-13H2,1-3H3,(H,25,28). The fourth-order valence-corrected chi connectivity index (χ4v) is 4.17. The molecule has 11 heteroatoms. The van der Waals surface area contributed by atoms with Gasteiger partial charge in [-0.3, -0.25) is 9.59 Å². The van der Waals surface area contributed by atoms with Gasteiger partial charge in [0.15, 0.2) is 11.5 Å². The lowest BCUT2D eigenvalue weighted by atomic mass is 10.0. The number of hydrogen-bond donors (Lipinski definition) is 1. The van der Waals surface area contributed by atoms with Gasteiger partial charge in [0, 0.05) is 11.3 Å². The third-order valence-electron chi connectivity index (χ3n) is 4.94. The fourth-order valence-electron chi connectivity index (χ4n) is 3.24. The van der Waals surface area contributed by atoms with Crippen LogP contribution in [0, 0.1) is 0 Å². The fraction of sp³-hybridized carbons (Fsp3) is 0.304. The van der Waals surface area contributed by atoms with Crippen molar-refractivity contribution in [1.82, 2.24) is 5.01 Å². The molecule has 180 valence electrons. The van der Waals surface area contributed by atoms with Crippen molar-refractivity contribution >= 4 is 40.3 Å². The van der Waals surface area contributed by atoms with Gasteiger partial charge >= 0.3 is 17.1 Å². The number of esters is 1. The molecule has 1 atom stereocenters. The Morgan fingerprint density at radius 3 is 2.50 bits per heavy atom. The largest absolute Gasteiger partial charge is 0.493 e. The molecule has 0 bridgehead atoms. The zero-order chi connectivity index (χ0) is 24.7. The molecule has 0 fully saturated rings. The van der Waals surface area contributed by atoms with Crippen molar-refractivity contribution in [2.75, 3.05) is 26.4 Å². The number of nitrogens with zero attached hydrogens (tertiary/aromatic N) is 2. The van der Waals surface area contributed by atoms with Crippen molar-refractivity contribution in [1.29, 1.82) is 0 Å². The van der Waals surface area contributed by atoms with Crippen LogP contribution >= 0.6 is 11.8 Å². The molecule has 0 saturated heterocycles. The van der Waals surface area contributed by atoms with Gasteiger partial charge in [-0.25, -0.2) is 14.2 Å². The van der Waals surface area contributed by atoms with E-state index < -0.39 is 18.7 Å². The number of anilines is 1. The number of hydrogen-bond acceptors (Lipinski definition) is 8. The minimum absolute atomic E-state index is 0.175. The zero-order valence-corrected chi connectivity index (χ0v) is 19.7. The number of benzene rings is 2. The van der Waals surface area contributed by atoms with Gasteiger partial charge in [-0.05, 0) is 42.3 Å². The number of thioether (sulfide) groups is 1. The van der Waals surface area contributed by atoms with E-state index in [0.717, 1.165) is 24.4 Å². The third kappa shape index (κ3) is 5.84. The Kier molecular flexibility index (Phi) is 8.47. The van der Waals surface area contributed by atoms with E-state index in [4.69, 9.17) is 9.47 Å². The summed E-state index contributed by atoms with van der Waals surface area (Å²) in [6.07, 6.45) is 0.670. The van der Waals surface area contributed by atoms with Gasteiger partial charge in [0.25, 0.3) is 0 Å². The summed E-state index contributed by atoms with van der Waals surface area (Å²) in [7, 11) is 2.59. The molecule has 1 heterocycles. The number of hydrazone groups is 1. The number of carbonyl (C=O) groups is 3. The zero-order valence-electron chi connectivity index (χ0n) is 18.9. The van der Waals surface area contributed by atoms with Crippen molar-refractivity contribution in [2.24, 2.45) is 5.10 Å². The Labute approximate surface area is 200 Å². The van der Waals surface area contributed by atoms with Crippen LogP contribution in [0.5, 0.6) is 11.5 Å². The van der Waals surface area contributed by atoms with Crippen molar-refractivity contribution in [3.05, 3.63) is 53.6 Å². The highest BCUT2D eigenvalue weighted by Gasteiger charge is 2.30. The maximum Gasteiger partial charge on any atom is 0.396 e. The van der Waals surface area contributed by atoms with E-state index in [0.29, 0.717) is 29.1 Å². The van der Waals surface area contributed by atoms with Gasteiger partial charge in [-0.2, -0.15) is 5.10 Å². The van der Waals surface area contributed by atoms with E-state index in [-0.39, 0.29) is 22.8 Å².